The van der Waals surface area contributed by atoms with Gasteiger partial charge in [0, 0.05) is 48.5 Å². The molecule has 3 aromatic carbocycles. The first-order chi connectivity index (χ1) is 19.7. The van der Waals surface area contributed by atoms with E-state index in [2.05, 4.69) is 23.1 Å². The molecule has 0 radical (unpaired) electrons. The summed E-state index contributed by atoms with van der Waals surface area (Å²) in [5.41, 5.74) is 5.66. The molecule has 1 heterocycles. The van der Waals surface area contributed by atoms with Gasteiger partial charge in [-0.25, -0.2) is 0 Å². The van der Waals surface area contributed by atoms with Crippen molar-refractivity contribution in [1.29, 1.82) is 0 Å². The summed E-state index contributed by atoms with van der Waals surface area (Å²) in [7, 11) is 0. The second-order valence-electron chi connectivity index (χ2n) is 10.4. The normalized spacial score (nSPS) is 18.7. The van der Waals surface area contributed by atoms with Crippen molar-refractivity contribution < 1.29 is 19.4 Å². The van der Waals surface area contributed by atoms with Crippen molar-refractivity contribution >= 4 is 23.0 Å². The molecule has 0 N–H and O–H groups in total. The SMILES string of the molecule is CCOC(=O)C(C)C1=CC=CC(c2ccc([N+](=O)[O-])cc2)(c2cccc3c2CCN(c2ccc([N+](=O)[O-])cc2)C3)C1. The van der Waals surface area contributed by atoms with Gasteiger partial charge in [-0.05, 0) is 61.1 Å². The molecule has 9 nitrogen and oxygen atoms in total. The maximum absolute atomic E-state index is 12.7. The first-order valence-electron chi connectivity index (χ1n) is 13.6. The van der Waals surface area contributed by atoms with Crippen LogP contribution in [-0.4, -0.2) is 29.0 Å². The summed E-state index contributed by atoms with van der Waals surface area (Å²) in [5.74, 6) is -0.713. The molecule has 5 rings (SSSR count). The molecule has 0 aromatic heterocycles. The summed E-state index contributed by atoms with van der Waals surface area (Å²) >= 11 is 0. The smallest absolute Gasteiger partial charge is 0.312 e. The average molecular weight is 554 g/mol. The molecule has 1 aliphatic carbocycles. The molecule has 2 unspecified atom stereocenters. The predicted octanol–water partition coefficient (Wildman–Crippen LogP) is 6.44. The van der Waals surface area contributed by atoms with Crippen LogP contribution < -0.4 is 4.90 Å². The van der Waals surface area contributed by atoms with Crippen LogP contribution >= 0.6 is 0 Å². The van der Waals surface area contributed by atoms with Gasteiger partial charge in [-0.1, -0.05) is 54.1 Å². The number of benzene rings is 3. The quantitative estimate of drug-likeness (QED) is 0.179. The van der Waals surface area contributed by atoms with Crippen molar-refractivity contribution in [2.24, 2.45) is 5.92 Å². The summed E-state index contributed by atoms with van der Waals surface area (Å²) in [6.07, 6.45) is 7.35. The highest BCUT2D eigenvalue weighted by atomic mass is 16.6. The second-order valence-corrected chi connectivity index (χ2v) is 10.4. The molecular weight excluding hydrogens is 522 g/mol. The number of rotatable bonds is 8. The zero-order chi connectivity index (χ0) is 29.1. The number of hydrogen-bond acceptors (Lipinski definition) is 7. The Morgan fingerprint density at radius 2 is 1.66 bits per heavy atom. The highest BCUT2D eigenvalue weighted by molar-refractivity contribution is 5.76. The molecule has 0 saturated heterocycles. The van der Waals surface area contributed by atoms with Crippen LogP contribution in [0.1, 0.15) is 42.5 Å². The van der Waals surface area contributed by atoms with Crippen LogP contribution in [0.25, 0.3) is 0 Å². The molecule has 0 saturated carbocycles. The van der Waals surface area contributed by atoms with Crippen LogP contribution in [0.3, 0.4) is 0 Å². The van der Waals surface area contributed by atoms with E-state index in [1.54, 1.807) is 19.1 Å². The molecule has 0 bridgehead atoms. The molecule has 0 spiro atoms. The van der Waals surface area contributed by atoms with Crippen LogP contribution in [0.5, 0.6) is 0 Å². The maximum atomic E-state index is 12.7. The number of nitrogens with zero attached hydrogens (tertiary/aromatic N) is 3. The minimum atomic E-state index is -0.638. The van der Waals surface area contributed by atoms with Gasteiger partial charge in [0.15, 0.2) is 0 Å². The zero-order valence-corrected chi connectivity index (χ0v) is 23.0. The summed E-state index contributed by atoms with van der Waals surface area (Å²) in [6.45, 7) is 5.31. The Kier molecular flexibility index (Phi) is 7.70. The number of ether oxygens (including phenoxy) is 1. The molecule has 2 aliphatic rings. The topological polar surface area (TPSA) is 116 Å². The fraction of sp³-hybridized carbons (Fsp3) is 0.281. The number of esters is 1. The maximum Gasteiger partial charge on any atom is 0.312 e. The number of allylic oxidation sites excluding steroid dienone is 3. The van der Waals surface area contributed by atoms with Gasteiger partial charge >= 0.3 is 5.97 Å². The van der Waals surface area contributed by atoms with Crippen LogP contribution in [0, 0.1) is 26.1 Å². The highest BCUT2D eigenvalue weighted by Crippen LogP contribution is 2.46. The van der Waals surface area contributed by atoms with E-state index in [0.717, 1.165) is 40.9 Å². The van der Waals surface area contributed by atoms with E-state index >= 15 is 0 Å². The van der Waals surface area contributed by atoms with Gasteiger partial charge in [-0.15, -0.1) is 0 Å². The number of non-ortho nitro benzene ring substituents is 2. The monoisotopic (exact) mass is 553 g/mol. The number of nitro benzene ring substituents is 2. The average Bonchev–Trinajstić information content (AvgIpc) is 3.00. The Balaban J connectivity index is 1.55. The molecule has 9 heteroatoms. The summed E-state index contributed by atoms with van der Waals surface area (Å²) in [4.78, 5) is 36.6. The van der Waals surface area contributed by atoms with Crippen molar-refractivity contribution in [1.82, 2.24) is 0 Å². The molecule has 1 aliphatic heterocycles. The van der Waals surface area contributed by atoms with Gasteiger partial charge in [0.05, 0.1) is 22.4 Å². The van der Waals surface area contributed by atoms with Crippen LogP contribution in [-0.2, 0) is 27.9 Å². The van der Waals surface area contributed by atoms with E-state index in [-0.39, 0.29) is 17.3 Å². The number of carbonyl (C=O) groups excluding carboxylic acids is 1. The third-order valence-electron chi connectivity index (χ3n) is 8.14. The van der Waals surface area contributed by atoms with Crippen molar-refractivity contribution in [2.45, 2.75) is 38.6 Å². The largest absolute Gasteiger partial charge is 0.466 e. The minimum absolute atomic E-state index is 0.0215. The van der Waals surface area contributed by atoms with E-state index < -0.39 is 21.2 Å². The van der Waals surface area contributed by atoms with E-state index in [0.29, 0.717) is 19.6 Å². The number of carbonyl (C=O) groups is 1. The second kappa shape index (κ2) is 11.4. The molecule has 3 aromatic rings. The molecule has 0 amide bonds. The highest BCUT2D eigenvalue weighted by Gasteiger charge is 2.39. The summed E-state index contributed by atoms with van der Waals surface area (Å²) in [5, 5.41) is 22.5. The lowest BCUT2D eigenvalue weighted by atomic mass is 9.65. The van der Waals surface area contributed by atoms with E-state index in [4.69, 9.17) is 4.74 Å². The van der Waals surface area contributed by atoms with E-state index in [9.17, 15) is 25.0 Å². The molecule has 0 fully saturated rings. The third-order valence-corrected chi connectivity index (χ3v) is 8.14. The van der Waals surface area contributed by atoms with Gasteiger partial charge < -0.3 is 9.64 Å². The summed E-state index contributed by atoms with van der Waals surface area (Å²) in [6, 6.07) is 19.5. The molecular formula is C32H31N3O6. The number of hydrogen-bond donors (Lipinski definition) is 0. The Labute approximate surface area is 238 Å². The number of fused-ring (bicyclic) bond motifs is 1. The van der Waals surface area contributed by atoms with E-state index in [1.807, 2.05) is 37.3 Å². The lowest BCUT2D eigenvalue weighted by Crippen LogP contribution is -2.35. The minimum Gasteiger partial charge on any atom is -0.466 e. The standard InChI is InChI=1S/C32H31N3O6/c1-3-41-31(36)22(2)23-7-5-18-32(20-23,25-9-11-27(12-10-25)34(37)38)30-8-4-6-24-21-33(19-17-29(24)30)26-13-15-28(16-14-26)35(39)40/h4-16,18,22H,3,17,19-21H2,1-2H3. The van der Waals surface area contributed by atoms with Crippen LogP contribution in [0.4, 0.5) is 17.1 Å². The Hall–Kier alpha value is -4.79. The Morgan fingerprint density at radius 3 is 2.29 bits per heavy atom. The lowest BCUT2D eigenvalue weighted by molar-refractivity contribution is -0.385. The van der Waals surface area contributed by atoms with Crippen molar-refractivity contribution in [2.75, 3.05) is 18.1 Å². The van der Waals surface area contributed by atoms with Gasteiger partial charge in [-0.3, -0.25) is 25.0 Å². The zero-order valence-electron chi connectivity index (χ0n) is 23.0. The fourth-order valence-corrected chi connectivity index (χ4v) is 5.94. The Morgan fingerprint density at radius 1 is 1.00 bits per heavy atom. The Bertz CT molecular complexity index is 1540. The molecule has 2 atom stereocenters. The van der Waals surface area contributed by atoms with Crippen molar-refractivity contribution in [3.05, 3.63) is 133 Å². The molecule has 41 heavy (non-hydrogen) atoms. The van der Waals surface area contributed by atoms with Crippen LogP contribution in [0.15, 0.2) is 90.5 Å². The first-order valence-corrected chi connectivity index (χ1v) is 13.6. The predicted molar refractivity (Wildman–Crippen MR) is 156 cm³/mol. The van der Waals surface area contributed by atoms with Crippen molar-refractivity contribution in [3.8, 4) is 0 Å². The molecule has 210 valence electrons. The van der Waals surface area contributed by atoms with Gasteiger partial charge in [0.25, 0.3) is 11.4 Å². The summed E-state index contributed by atoms with van der Waals surface area (Å²) < 4.78 is 5.32. The lowest BCUT2D eigenvalue weighted by Gasteiger charge is -2.40. The fourth-order valence-electron chi connectivity index (χ4n) is 5.94. The first kappa shape index (κ1) is 27.8. The number of anilines is 1. The van der Waals surface area contributed by atoms with Crippen LogP contribution in [0.2, 0.25) is 0 Å². The number of nitro groups is 2. The van der Waals surface area contributed by atoms with Crippen molar-refractivity contribution in [3.63, 3.8) is 0 Å². The van der Waals surface area contributed by atoms with Gasteiger partial charge in [0.2, 0.25) is 0 Å². The van der Waals surface area contributed by atoms with Gasteiger partial charge in [0.1, 0.15) is 0 Å². The third kappa shape index (κ3) is 5.35. The van der Waals surface area contributed by atoms with Gasteiger partial charge in [-0.2, -0.15) is 0 Å². The van der Waals surface area contributed by atoms with E-state index in [1.165, 1.54) is 29.8 Å².